The summed E-state index contributed by atoms with van der Waals surface area (Å²) in [6.07, 6.45) is 0. The van der Waals surface area contributed by atoms with Gasteiger partial charge in [-0.25, -0.2) is 13.4 Å². The van der Waals surface area contributed by atoms with Gasteiger partial charge in [-0.05, 0) is 56.7 Å². The molecule has 1 heterocycles. The van der Waals surface area contributed by atoms with Crippen molar-refractivity contribution >= 4 is 21.4 Å². The van der Waals surface area contributed by atoms with Crippen LogP contribution in [0.5, 0.6) is 11.5 Å². The molecule has 3 rings (SSSR count). The van der Waals surface area contributed by atoms with Crippen molar-refractivity contribution in [3.05, 3.63) is 70.2 Å². The highest BCUT2D eigenvalue weighted by Crippen LogP contribution is 2.24. The van der Waals surface area contributed by atoms with Crippen LogP contribution in [0.4, 0.5) is 0 Å². The molecule has 160 valence electrons. The number of thiazole rings is 1. The number of para-hydroxylation sites is 1. The number of rotatable bonds is 9. The minimum absolute atomic E-state index is 0.201. The van der Waals surface area contributed by atoms with E-state index in [-0.39, 0.29) is 17.5 Å². The zero-order valence-corrected chi connectivity index (χ0v) is 19.2. The summed E-state index contributed by atoms with van der Waals surface area (Å²) in [7, 11) is -2.12. The summed E-state index contributed by atoms with van der Waals surface area (Å²) in [6.45, 7) is 6.26. The molecule has 0 saturated heterocycles. The van der Waals surface area contributed by atoms with Gasteiger partial charge < -0.3 is 9.47 Å². The summed E-state index contributed by atoms with van der Waals surface area (Å²) in [5, 5.41) is 2.69. The number of hydrogen-bond acceptors (Lipinski definition) is 6. The average Bonchev–Trinajstić information content (AvgIpc) is 3.19. The van der Waals surface area contributed by atoms with Crippen molar-refractivity contribution in [2.75, 3.05) is 7.11 Å². The first-order valence-corrected chi connectivity index (χ1v) is 11.9. The third kappa shape index (κ3) is 5.19. The van der Waals surface area contributed by atoms with Crippen LogP contribution in [0.3, 0.4) is 0 Å². The maximum absolute atomic E-state index is 13.2. The van der Waals surface area contributed by atoms with E-state index in [4.69, 9.17) is 9.47 Å². The number of aryl methyl sites for hydroxylation is 1. The van der Waals surface area contributed by atoms with Crippen LogP contribution in [0, 0.1) is 6.92 Å². The van der Waals surface area contributed by atoms with E-state index in [1.165, 1.54) is 15.6 Å². The van der Waals surface area contributed by atoms with E-state index in [0.29, 0.717) is 18.1 Å². The van der Waals surface area contributed by atoms with Gasteiger partial charge in [-0.2, -0.15) is 4.31 Å². The molecule has 0 atom stereocenters. The lowest BCUT2D eigenvalue weighted by Crippen LogP contribution is -2.36. The van der Waals surface area contributed by atoms with Crippen LogP contribution in [0.25, 0.3) is 0 Å². The summed E-state index contributed by atoms with van der Waals surface area (Å²) >= 11 is 1.47. The second-order valence-electron chi connectivity index (χ2n) is 7.11. The van der Waals surface area contributed by atoms with Crippen LogP contribution in [0.15, 0.2) is 58.8 Å². The molecule has 0 spiro atoms. The predicted octanol–water partition coefficient (Wildman–Crippen LogP) is 4.64. The molecule has 0 aliphatic rings. The number of ether oxygens (including phenoxy) is 2. The third-order valence-electron chi connectivity index (χ3n) is 4.60. The van der Waals surface area contributed by atoms with E-state index < -0.39 is 10.0 Å². The molecular formula is C22H26N2O4S2. The molecule has 2 aromatic carbocycles. The predicted molar refractivity (Wildman–Crippen MR) is 118 cm³/mol. The minimum Gasteiger partial charge on any atom is -0.497 e. The number of aromatic nitrogens is 1. The minimum atomic E-state index is -3.66. The highest BCUT2D eigenvalue weighted by atomic mass is 32.2. The van der Waals surface area contributed by atoms with Crippen LogP contribution < -0.4 is 9.47 Å². The quantitative estimate of drug-likeness (QED) is 0.479. The molecule has 6 nitrogen and oxygen atoms in total. The van der Waals surface area contributed by atoms with Gasteiger partial charge in [0.05, 0.1) is 24.2 Å². The molecule has 8 heteroatoms. The first kappa shape index (κ1) is 22.3. The summed E-state index contributed by atoms with van der Waals surface area (Å²) in [6, 6.07) is 14.0. The van der Waals surface area contributed by atoms with Gasteiger partial charge in [0.25, 0.3) is 0 Å². The normalized spacial score (nSPS) is 11.8. The van der Waals surface area contributed by atoms with Gasteiger partial charge in [-0.1, -0.05) is 18.2 Å². The van der Waals surface area contributed by atoms with Gasteiger partial charge in [0.1, 0.15) is 23.1 Å². The zero-order valence-electron chi connectivity index (χ0n) is 17.5. The molecule has 0 bridgehead atoms. The van der Waals surface area contributed by atoms with Gasteiger partial charge in [0.15, 0.2) is 0 Å². The molecular weight excluding hydrogens is 420 g/mol. The number of methoxy groups -OCH3 is 1. The monoisotopic (exact) mass is 446 g/mol. The van der Waals surface area contributed by atoms with Gasteiger partial charge in [-0.15, -0.1) is 11.3 Å². The molecule has 0 N–H and O–H groups in total. The highest BCUT2D eigenvalue weighted by Gasteiger charge is 2.28. The van der Waals surface area contributed by atoms with Crippen LogP contribution in [-0.2, 0) is 23.2 Å². The molecule has 0 amide bonds. The van der Waals surface area contributed by atoms with E-state index in [1.54, 1.807) is 31.4 Å². The molecule has 0 saturated carbocycles. The van der Waals surface area contributed by atoms with Crippen LogP contribution in [0.2, 0.25) is 0 Å². The van der Waals surface area contributed by atoms with Gasteiger partial charge in [0.2, 0.25) is 10.0 Å². The number of sulfonamides is 1. The fraction of sp³-hybridized carbons (Fsp3) is 0.318. The molecule has 0 fully saturated rings. The summed E-state index contributed by atoms with van der Waals surface area (Å²) in [4.78, 5) is 4.81. The Balaban J connectivity index is 1.73. The first-order valence-electron chi connectivity index (χ1n) is 9.59. The van der Waals surface area contributed by atoms with Crippen molar-refractivity contribution in [1.82, 2.24) is 9.29 Å². The lowest BCUT2D eigenvalue weighted by atomic mass is 10.2. The standard InChI is InChI=1S/C22H26N2O4S2/c1-16(2)24(30(25,26)20-11-9-19(27-4)10-12-20)13-18-15-29-22(23-18)14-28-21-8-6-5-7-17(21)3/h5-12,15-16H,13-14H2,1-4H3. The molecule has 0 radical (unpaired) electrons. The highest BCUT2D eigenvalue weighted by molar-refractivity contribution is 7.89. The Morgan fingerprint density at radius 3 is 2.43 bits per heavy atom. The van der Waals surface area contributed by atoms with Crippen molar-refractivity contribution in [2.24, 2.45) is 0 Å². The second-order valence-corrected chi connectivity index (χ2v) is 9.94. The fourth-order valence-corrected chi connectivity index (χ4v) is 5.24. The largest absolute Gasteiger partial charge is 0.497 e. The topological polar surface area (TPSA) is 68.7 Å². The van der Waals surface area contributed by atoms with Crippen LogP contribution in [0.1, 0.15) is 30.1 Å². The number of nitrogens with zero attached hydrogens (tertiary/aromatic N) is 2. The van der Waals surface area contributed by atoms with Crippen molar-refractivity contribution in [2.45, 2.75) is 44.9 Å². The van der Waals surface area contributed by atoms with Gasteiger partial charge in [0, 0.05) is 11.4 Å². The maximum atomic E-state index is 13.2. The number of hydrogen-bond donors (Lipinski definition) is 0. The summed E-state index contributed by atoms with van der Waals surface area (Å²) in [5.74, 6) is 1.43. The Labute approximate surface area is 182 Å². The van der Waals surface area contributed by atoms with Crippen molar-refractivity contribution in [3.63, 3.8) is 0 Å². The van der Waals surface area contributed by atoms with Crippen molar-refractivity contribution in [1.29, 1.82) is 0 Å². The molecule has 1 aromatic heterocycles. The first-order chi connectivity index (χ1) is 14.3. The Morgan fingerprint density at radius 2 is 1.80 bits per heavy atom. The third-order valence-corrected chi connectivity index (χ3v) is 7.51. The average molecular weight is 447 g/mol. The Hall–Kier alpha value is -2.42. The zero-order chi connectivity index (χ0) is 21.7. The molecule has 0 unspecified atom stereocenters. The van der Waals surface area contributed by atoms with Crippen molar-refractivity contribution in [3.8, 4) is 11.5 Å². The smallest absolute Gasteiger partial charge is 0.243 e. The van der Waals surface area contributed by atoms with Crippen LogP contribution >= 0.6 is 11.3 Å². The van der Waals surface area contributed by atoms with E-state index in [2.05, 4.69) is 4.98 Å². The summed E-state index contributed by atoms with van der Waals surface area (Å²) in [5.41, 5.74) is 1.76. The van der Waals surface area contributed by atoms with Crippen molar-refractivity contribution < 1.29 is 17.9 Å². The van der Waals surface area contributed by atoms with E-state index in [0.717, 1.165) is 16.3 Å². The maximum Gasteiger partial charge on any atom is 0.243 e. The van der Waals surface area contributed by atoms with E-state index in [1.807, 2.05) is 50.4 Å². The summed E-state index contributed by atoms with van der Waals surface area (Å²) < 4.78 is 38.8. The van der Waals surface area contributed by atoms with Gasteiger partial charge in [-0.3, -0.25) is 0 Å². The Morgan fingerprint density at radius 1 is 1.10 bits per heavy atom. The molecule has 0 aliphatic carbocycles. The Bertz CT molecular complexity index is 1080. The number of benzene rings is 2. The van der Waals surface area contributed by atoms with E-state index in [9.17, 15) is 8.42 Å². The SMILES string of the molecule is COc1ccc(S(=O)(=O)N(Cc2csc(COc3ccccc3C)n2)C(C)C)cc1. The second kappa shape index (κ2) is 9.59. The molecule has 0 aliphatic heterocycles. The lowest BCUT2D eigenvalue weighted by molar-refractivity contribution is 0.302. The Kier molecular flexibility index (Phi) is 7.12. The lowest BCUT2D eigenvalue weighted by Gasteiger charge is -2.25. The fourth-order valence-electron chi connectivity index (χ4n) is 2.93. The van der Waals surface area contributed by atoms with Gasteiger partial charge >= 0.3 is 0 Å². The van der Waals surface area contributed by atoms with Crippen LogP contribution in [-0.4, -0.2) is 30.9 Å². The molecule has 30 heavy (non-hydrogen) atoms. The molecule has 3 aromatic rings. The van der Waals surface area contributed by atoms with E-state index >= 15 is 0 Å².